The van der Waals surface area contributed by atoms with Crippen molar-refractivity contribution in [2.45, 2.75) is 38.3 Å². The molecule has 5 nitrogen and oxygen atoms in total. The number of aromatic nitrogens is 2. The maximum Gasteiger partial charge on any atom is 0.270 e. The second kappa shape index (κ2) is 4.81. The van der Waals surface area contributed by atoms with Crippen LogP contribution in [0.25, 0.3) is 10.9 Å². The Balaban J connectivity index is 1.58. The number of piperidine rings is 3. The molecule has 1 unspecified atom stereocenters. The molecular weight excluding hydrogens is 276 g/mol. The highest BCUT2D eigenvalue weighted by Gasteiger charge is 2.48. The van der Waals surface area contributed by atoms with Crippen molar-refractivity contribution in [2.75, 3.05) is 13.1 Å². The molecule has 0 spiro atoms. The van der Waals surface area contributed by atoms with E-state index in [1.54, 1.807) is 6.20 Å². The Morgan fingerprint density at radius 1 is 1.41 bits per heavy atom. The number of rotatable bonds is 2. The normalized spacial score (nSPS) is 29.6. The molecule has 22 heavy (non-hydrogen) atoms. The second-order valence-corrected chi connectivity index (χ2v) is 7.06. The SMILES string of the molecule is CC1(C)C(NC(=O)c2cc3[nH]ccc3cn2)C2CCN1CC2. The molecule has 1 amide bonds. The monoisotopic (exact) mass is 298 g/mol. The minimum atomic E-state index is -0.0664. The van der Waals surface area contributed by atoms with Crippen molar-refractivity contribution in [3.8, 4) is 0 Å². The zero-order valence-corrected chi connectivity index (χ0v) is 13.1. The van der Waals surface area contributed by atoms with Gasteiger partial charge in [-0.15, -0.1) is 0 Å². The molecule has 0 aliphatic carbocycles. The Morgan fingerprint density at radius 2 is 2.18 bits per heavy atom. The van der Waals surface area contributed by atoms with Gasteiger partial charge in [-0.2, -0.15) is 0 Å². The van der Waals surface area contributed by atoms with Crippen LogP contribution in [0.5, 0.6) is 0 Å². The summed E-state index contributed by atoms with van der Waals surface area (Å²) in [7, 11) is 0. The van der Waals surface area contributed by atoms with E-state index in [1.807, 2.05) is 18.3 Å². The number of carbonyl (C=O) groups is 1. The van der Waals surface area contributed by atoms with Gasteiger partial charge >= 0.3 is 0 Å². The van der Waals surface area contributed by atoms with Gasteiger partial charge in [-0.25, -0.2) is 0 Å². The van der Waals surface area contributed by atoms with E-state index < -0.39 is 0 Å². The van der Waals surface area contributed by atoms with E-state index in [0.717, 1.165) is 24.0 Å². The first-order valence-electron chi connectivity index (χ1n) is 8.05. The number of hydrogen-bond donors (Lipinski definition) is 2. The molecule has 5 heterocycles. The largest absolute Gasteiger partial charge is 0.361 e. The van der Waals surface area contributed by atoms with E-state index in [0.29, 0.717) is 11.6 Å². The topological polar surface area (TPSA) is 61.0 Å². The van der Waals surface area contributed by atoms with Crippen LogP contribution in [-0.2, 0) is 0 Å². The van der Waals surface area contributed by atoms with Crippen LogP contribution >= 0.6 is 0 Å². The fraction of sp³-hybridized carbons (Fsp3) is 0.529. The van der Waals surface area contributed by atoms with Gasteiger partial charge in [0.1, 0.15) is 5.69 Å². The molecular formula is C17H22N4O. The standard InChI is InChI=1S/C17H22N4O/c1-17(2)15(11-4-7-21(17)8-5-11)20-16(22)14-9-13-12(10-19-14)3-6-18-13/h3,6,9-11,15,18H,4-5,7-8H2,1-2H3,(H,20,22). The van der Waals surface area contributed by atoms with Crippen LogP contribution in [0.1, 0.15) is 37.2 Å². The number of pyridine rings is 1. The lowest BCUT2D eigenvalue weighted by molar-refractivity contribution is -0.0378. The minimum Gasteiger partial charge on any atom is -0.361 e. The maximum absolute atomic E-state index is 12.6. The Bertz CT molecular complexity index is 712. The fourth-order valence-electron chi connectivity index (χ4n) is 4.16. The smallest absolute Gasteiger partial charge is 0.270 e. The summed E-state index contributed by atoms with van der Waals surface area (Å²) in [5.74, 6) is 0.515. The summed E-state index contributed by atoms with van der Waals surface area (Å²) in [4.78, 5) is 22.6. The van der Waals surface area contributed by atoms with E-state index in [2.05, 4.69) is 34.0 Å². The number of amides is 1. The third kappa shape index (κ3) is 2.03. The highest BCUT2D eigenvalue weighted by atomic mass is 16.2. The third-order valence-electron chi connectivity index (χ3n) is 5.54. The van der Waals surface area contributed by atoms with Crippen molar-refractivity contribution < 1.29 is 4.79 Å². The maximum atomic E-state index is 12.6. The number of carbonyl (C=O) groups excluding carboxylic acids is 1. The molecule has 0 radical (unpaired) electrons. The van der Waals surface area contributed by atoms with Gasteiger partial charge in [-0.3, -0.25) is 14.7 Å². The van der Waals surface area contributed by atoms with Crippen molar-refractivity contribution in [1.82, 2.24) is 20.2 Å². The Morgan fingerprint density at radius 3 is 2.91 bits per heavy atom. The summed E-state index contributed by atoms with van der Waals surface area (Å²) in [6, 6.07) is 3.99. The number of aromatic amines is 1. The molecule has 5 rings (SSSR count). The van der Waals surface area contributed by atoms with Crippen molar-refractivity contribution in [1.29, 1.82) is 0 Å². The first kappa shape index (κ1) is 13.8. The molecule has 3 fully saturated rings. The second-order valence-electron chi connectivity index (χ2n) is 7.06. The van der Waals surface area contributed by atoms with E-state index in [1.165, 1.54) is 12.8 Å². The molecule has 2 N–H and O–H groups in total. The average molecular weight is 298 g/mol. The highest BCUT2D eigenvalue weighted by Crippen LogP contribution is 2.39. The summed E-state index contributed by atoms with van der Waals surface area (Å²) >= 11 is 0. The van der Waals surface area contributed by atoms with Crippen molar-refractivity contribution in [3.05, 3.63) is 30.2 Å². The highest BCUT2D eigenvalue weighted by molar-refractivity contribution is 5.95. The number of nitrogens with one attached hydrogen (secondary N) is 2. The quantitative estimate of drug-likeness (QED) is 0.893. The number of H-pyrrole nitrogens is 1. The summed E-state index contributed by atoms with van der Waals surface area (Å²) in [6.07, 6.45) is 5.97. The zero-order chi connectivity index (χ0) is 15.3. The van der Waals surface area contributed by atoms with Crippen LogP contribution in [0.3, 0.4) is 0 Å². The minimum absolute atomic E-state index is 0.0212. The van der Waals surface area contributed by atoms with E-state index >= 15 is 0 Å². The summed E-state index contributed by atoms with van der Waals surface area (Å²) in [5.41, 5.74) is 1.46. The first-order valence-corrected chi connectivity index (χ1v) is 8.05. The van der Waals surface area contributed by atoms with Gasteiger partial charge in [-0.1, -0.05) is 0 Å². The predicted molar refractivity (Wildman–Crippen MR) is 85.7 cm³/mol. The Labute approximate surface area is 130 Å². The number of nitrogens with zero attached hydrogens (tertiary/aromatic N) is 2. The van der Waals surface area contributed by atoms with Gasteiger partial charge in [0.15, 0.2) is 0 Å². The van der Waals surface area contributed by atoms with Gasteiger partial charge in [0.2, 0.25) is 0 Å². The molecule has 2 bridgehead atoms. The Kier molecular flexibility index (Phi) is 3.01. The molecule has 3 aliphatic rings. The van der Waals surface area contributed by atoms with Crippen molar-refractivity contribution in [2.24, 2.45) is 5.92 Å². The Hall–Kier alpha value is -1.88. The third-order valence-corrected chi connectivity index (χ3v) is 5.54. The average Bonchev–Trinajstić information content (AvgIpc) is 2.98. The first-order chi connectivity index (χ1) is 10.6. The summed E-state index contributed by atoms with van der Waals surface area (Å²) in [6.45, 7) is 6.78. The molecule has 5 heteroatoms. The van der Waals surface area contributed by atoms with Crippen LogP contribution in [0.15, 0.2) is 24.5 Å². The van der Waals surface area contributed by atoms with E-state index in [-0.39, 0.29) is 17.5 Å². The molecule has 0 saturated carbocycles. The number of hydrogen-bond acceptors (Lipinski definition) is 3. The van der Waals surface area contributed by atoms with Crippen molar-refractivity contribution >= 4 is 16.8 Å². The van der Waals surface area contributed by atoms with Crippen molar-refractivity contribution in [3.63, 3.8) is 0 Å². The van der Waals surface area contributed by atoms with Gasteiger partial charge in [-0.05, 0) is 57.8 Å². The zero-order valence-electron chi connectivity index (χ0n) is 13.1. The van der Waals surface area contributed by atoms with Gasteiger partial charge in [0, 0.05) is 34.9 Å². The molecule has 116 valence electrons. The lowest BCUT2D eigenvalue weighted by Crippen LogP contribution is -2.69. The summed E-state index contributed by atoms with van der Waals surface area (Å²) < 4.78 is 0. The van der Waals surface area contributed by atoms with Crippen LogP contribution in [0.2, 0.25) is 0 Å². The number of fused-ring (bicyclic) bond motifs is 4. The van der Waals surface area contributed by atoms with Crippen LogP contribution in [0, 0.1) is 5.92 Å². The predicted octanol–water partition coefficient (Wildman–Crippen LogP) is 2.17. The summed E-state index contributed by atoms with van der Waals surface area (Å²) in [5, 5.41) is 4.28. The van der Waals surface area contributed by atoms with Crippen LogP contribution in [-0.4, -0.2) is 45.4 Å². The molecule has 2 aromatic heterocycles. The molecule has 2 aromatic rings. The van der Waals surface area contributed by atoms with Crippen LogP contribution in [0.4, 0.5) is 0 Å². The van der Waals surface area contributed by atoms with Gasteiger partial charge in [0.25, 0.3) is 5.91 Å². The van der Waals surface area contributed by atoms with E-state index in [4.69, 9.17) is 0 Å². The molecule has 1 atom stereocenters. The molecule has 3 saturated heterocycles. The fourth-order valence-corrected chi connectivity index (χ4v) is 4.16. The molecule has 3 aliphatic heterocycles. The van der Waals surface area contributed by atoms with Crippen LogP contribution < -0.4 is 5.32 Å². The lowest BCUT2D eigenvalue weighted by Gasteiger charge is -2.56. The van der Waals surface area contributed by atoms with Gasteiger partial charge < -0.3 is 10.3 Å². The van der Waals surface area contributed by atoms with E-state index in [9.17, 15) is 4.79 Å². The van der Waals surface area contributed by atoms with Gasteiger partial charge in [0.05, 0.1) is 0 Å². The lowest BCUT2D eigenvalue weighted by atomic mass is 9.72. The molecule has 0 aromatic carbocycles.